The molecule has 0 atom stereocenters. The van der Waals surface area contributed by atoms with Crippen molar-refractivity contribution in [3.05, 3.63) is 18.1 Å². The van der Waals surface area contributed by atoms with E-state index in [1.165, 1.54) is 0 Å². The third-order valence-electron chi connectivity index (χ3n) is 2.12. The highest BCUT2D eigenvalue weighted by atomic mass is 15.0. The average Bonchev–Trinajstić information content (AvgIpc) is 2.46. The summed E-state index contributed by atoms with van der Waals surface area (Å²) in [4.78, 5) is 8.50. The van der Waals surface area contributed by atoms with Crippen molar-refractivity contribution in [1.82, 2.24) is 14.5 Å². The van der Waals surface area contributed by atoms with Crippen LogP contribution in [0.1, 0.15) is 12.6 Å². The largest absolute Gasteiger partial charge is 0.384 e. The van der Waals surface area contributed by atoms with E-state index in [1.807, 2.05) is 11.6 Å². The molecule has 2 heterocycles. The molecule has 0 aromatic carbocycles. The summed E-state index contributed by atoms with van der Waals surface area (Å²) >= 11 is 0. The number of fused-ring (bicyclic) bond motifs is 1. The molecular formula is C9H12N4. The van der Waals surface area contributed by atoms with Gasteiger partial charge in [0.15, 0.2) is 0 Å². The summed E-state index contributed by atoms with van der Waals surface area (Å²) in [5, 5.41) is 0. The monoisotopic (exact) mass is 176 g/mol. The van der Waals surface area contributed by atoms with Crippen molar-refractivity contribution in [2.45, 2.75) is 13.3 Å². The maximum absolute atomic E-state index is 5.65. The van der Waals surface area contributed by atoms with E-state index in [0.717, 1.165) is 23.1 Å². The van der Waals surface area contributed by atoms with Crippen molar-refractivity contribution in [2.24, 2.45) is 7.05 Å². The third-order valence-corrected chi connectivity index (χ3v) is 2.12. The van der Waals surface area contributed by atoms with Gasteiger partial charge in [0.05, 0.1) is 23.1 Å². The summed E-state index contributed by atoms with van der Waals surface area (Å²) in [6, 6.07) is 1.80. The Balaban J connectivity index is 2.85. The number of pyridine rings is 1. The van der Waals surface area contributed by atoms with Crippen LogP contribution in [0, 0.1) is 0 Å². The summed E-state index contributed by atoms with van der Waals surface area (Å²) in [5.74, 6) is 0.544. The number of hydrogen-bond donors (Lipinski definition) is 1. The number of aromatic nitrogens is 3. The van der Waals surface area contributed by atoms with Gasteiger partial charge in [0.1, 0.15) is 5.82 Å². The van der Waals surface area contributed by atoms with Crippen LogP contribution in [0.4, 0.5) is 5.82 Å². The fraction of sp³-hybridized carbons (Fsp3) is 0.333. The van der Waals surface area contributed by atoms with E-state index in [-0.39, 0.29) is 0 Å². The second-order valence-electron chi connectivity index (χ2n) is 3.07. The average molecular weight is 176 g/mol. The molecule has 0 aliphatic rings. The van der Waals surface area contributed by atoms with Gasteiger partial charge < -0.3 is 10.3 Å². The fourth-order valence-corrected chi connectivity index (χ4v) is 1.53. The standard InChI is InChI=1S/C9H12N4/c1-3-6-9-7(4-8(10)12-6)11-5-13(9)2/h4-5H,3H2,1-2H3,(H2,10,12). The zero-order valence-electron chi connectivity index (χ0n) is 7.78. The van der Waals surface area contributed by atoms with Gasteiger partial charge in [-0.25, -0.2) is 9.97 Å². The van der Waals surface area contributed by atoms with E-state index < -0.39 is 0 Å². The lowest BCUT2D eigenvalue weighted by molar-refractivity contribution is 0.925. The minimum absolute atomic E-state index is 0.544. The smallest absolute Gasteiger partial charge is 0.125 e. The van der Waals surface area contributed by atoms with Crippen molar-refractivity contribution in [3.63, 3.8) is 0 Å². The van der Waals surface area contributed by atoms with Crippen LogP contribution in [-0.4, -0.2) is 14.5 Å². The predicted molar refractivity (Wildman–Crippen MR) is 52.3 cm³/mol. The fourth-order valence-electron chi connectivity index (χ4n) is 1.53. The van der Waals surface area contributed by atoms with Gasteiger partial charge >= 0.3 is 0 Å². The Labute approximate surface area is 76.4 Å². The molecule has 0 unspecified atom stereocenters. The lowest BCUT2D eigenvalue weighted by Gasteiger charge is -2.02. The molecule has 2 N–H and O–H groups in total. The number of imidazole rings is 1. The van der Waals surface area contributed by atoms with Crippen LogP contribution in [0.5, 0.6) is 0 Å². The van der Waals surface area contributed by atoms with E-state index in [1.54, 1.807) is 12.4 Å². The molecule has 68 valence electrons. The molecular weight excluding hydrogens is 164 g/mol. The Morgan fingerprint density at radius 2 is 2.31 bits per heavy atom. The number of hydrogen-bond acceptors (Lipinski definition) is 3. The Kier molecular flexibility index (Phi) is 1.69. The first kappa shape index (κ1) is 8.04. The highest BCUT2D eigenvalue weighted by Gasteiger charge is 2.06. The first-order valence-corrected chi connectivity index (χ1v) is 4.28. The normalized spacial score (nSPS) is 10.9. The molecule has 0 amide bonds. The molecule has 0 fully saturated rings. The number of nitrogens with zero attached hydrogens (tertiary/aromatic N) is 3. The molecule has 2 rings (SSSR count). The number of aryl methyl sites for hydroxylation is 2. The highest BCUT2D eigenvalue weighted by Crippen LogP contribution is 2.17. The topological polar surface area (TPSA) is 56.7 Å². The molecule has 0 spiro atoms. The first-order valence-electron chi connectivity index (χ1n) is 4.28. The van der Waals surface area contributed by atoms with Crippen LogP contribution in [0.25, 0.3) is 11.0 Å². The minimum atomic E-state index is 0.544. The quantitative estimate of drug-likeness (QED) is 0.708. The minimum Gasteiger partial charge on any atom is -0.384 e. The maximum Gasteiger partial charge on any atom is 0.125 e. The SMILES string of the molecule is CCc1nc(N)cc2ncn(C)c12. The molecule has 0 radical (unpaired) electrons. The Morgan fingerprint density at radius 1 is 1.54 bits per heavy atom. The number of anilines is 1. The second kappa shape index (κ2) is 2.73. The van der Waals surface area contributed by atoms with Crippen molar-refractivity contribution < 1.29 is 0 Å². The summed E-state index contributed by atoms with van der Waals surface area (Å²) in [7, 11) is 1.96. The number of nitrogen functional groups attached to an aromatic ring is 1. The summed E-state index contributed by atoms with van der Waals surface area (Å²) in [6.45, 7) is 2.06. The van der Waals surface area contributed by atoms with Crippen LogP contribution < -0.4 is 5.73 Å². The molecule has 0 aliphatic carbocycles. The van der Waals surface area contributed by atoms with Gasteiger partial charge in [0.25, 0.3) is 0 Å². The number of rotatable bonds is 1. The molecule has 4 nitrogen and oxygen atoms in total. The second-order valence-corrected chi connectivity index (χ2v) is 3.07. The van der Waals surface area contributed by atoms with E-state index in [2.05, 4.69) is 16.9 Å². The Hall–Kier alpha value is -1.58. The van der Waals surface area contributed by atoms with Crippen LogP contribution in [0.3, 0.4) is 0 Å². The zero-order chi connectivity index (χ0) is 9.42. The molecule has 0 saturated heterocycles. The third kappa shape index (κ3) is 1.14. The summed E-state index contributed by atoms with van der Waals surface area (Å²) in [5.41, 5.74) is 8.66. The lowest BCUT2D eigenvalue weighted by atomic mass is 10.2. The Bertz CT molecular complexity index is 444. The van der Waals surface area contributed by atoms with Crippen LogP contribution in [-0.2, 0) is 13.5 Å². The lowest BCUT2D eigenvalue weighted by Crippen LogP contribution is -1.98. The van der Waals surface area contributed by atoms with Crippen molar-refractivity contribution in [3.8, 4) is 0 Å². The van der Waals surface area contributed by atoms with Gasteiger partial charge in [-0.2, -0.15) is 0 Å². The highest BCUT2D eigenvalue weighted by molar-refractivity contribution is 5.80. The van der Waals surface area contributed by atoms with Crippen molar-refractivity contribution in [2.75, 3.05) is 5.73 Å². The van der Waals surface area contributed by atoms with Crippen LogP contribution in [0.15, 0.2) is 12.4 Å². The van der Waals surface area contributed by atoms with E-state index >= 15 is 0 Å². The Morgan fingerprint density at radius 3 is 3.00 bits per heavy atom. The molecule has 0 saturated carbocycles. The van der Waals surface area contributed by atoms with E-state index in [9.17, 15) is 0 Å². The van der Waals surface area contributed by atoms with Gasteiger partial charge in [0, 0.05) is 13.1 Å². The predicted octanol–water partition coefficient (Wildman–Crippen LogP) is 1.11. The molecule has 4 heteroatoms. The molecule has 13 heavy (non-hydrogen) atoms. The van der Waals surface area contributed by atoms with Crippen LogP contribution >= 0.6 is 0 Å². The first-order chi connectivity index (χ1) is 6.22. The molecule has 2 aromatic heterocycles. The van der Waals surface area contributed by atoms with Crippen molar-refractivity contribution >= 4 is 16.9 Å². The van der Waals surface area contributed by atoms with Crippen LogP contribution in [0.2, 0.25) is 0 Å². The molecule has 0 bridgehead atoms. The zero-order valence-corrected chi connectivity index (χ0v) is 7.78. The van der Waals surface area contributed by atoms with Gasteiger partial charge in [-0.1, -0.05) is 6.92 Å². The summed E-state index contributed by atoms with van der Waals surface area (Å²) < 4.78 is 1.97. The van der Waals surface area contributed by atoms with Gasteiger partial charge in [0.2, 0.25) is 0 Å². The van der Waals surface area contributed by atoms with E-state index in [4.69, 9.17) is 5.73 Å². The van der Waals surface area contributed by atoms with Gasteiger partial charge in [-0.05, 0) is 6.42 Å². The molecule has 0 aliphatic heterocycles. The number of nitrogens with two attached hydrogens (primary N) is 1. The van der Waals surface area contributed by atoms with Gasteiger partial charge in [-0.15, -0.1) is 0 Å². The maximum atomic E-state index is 5.65. The van der Waals surface area contributed by atoms with Crippen molar-refractivity contribution in [1.29, 1.82) is 0 Å². The van der Waals surface area contributed by atoms with E-state index in [0.29, 0.717) is 5.82 Å². The molecule has 2 aromatic rings. The summed E-state index contributed by atoms with van der Waals surface area (Å²) in [6.07, 6.45) is 2.66. The van der Waals surface area contributed by atoms with Gasteiger partial charge in [-0.3, -0.25) is 0 Å².